The molecule has 4 atom stereocenters. The largest absolute Gasteiger partial charge is 0.496 e. The number of alkyl carbamates (subject to hydrolysis) is 1. The molecule has 10 nitrogen and oxygen atoms in total. The molecule has 2 aromatic heterocycles. The Kier molecular flexibility index (Phi) is 8.02. The number of pyridine rings is 1. The molecular weight excluding hydrogens is 574 g/mol. The van der Waals surface area contributed by atoms with E-state index in [0.717, 1.165) is 38.5 Å². The van der Waals surface area contributed by atoms with Gasteiger partial charge >= 0.3 is 12.7 Å². The van der Waals surface area contributed by atoms with Gasteiger partial charge in [0.05, 0.1) is 25.1 Å². The minimum atomic E-state index is -3.12. The summed E-state index contributed by atoms with van der Waals surface area (Å²) in [6.45, 7) is 2.44. The van der Waals surface area contributed by atoms with E-state index in [1.165, 1.54) is 13.2 Å². The summed E-state index contributed by atoms with van der Waals surface area (Å²) in [6, 6.07) is 6.82. The number of hydrogen-bond acceptors (Lipinski definition) is 7. The minimum Gasteiger partial charge on any atom is -0.496 e. The average molecular weight is 613 g/mol. The number of aromatic nitrogens is 2. The minimum absolute atomic E-state index is 0.00807. The standard InChI is InChI=1S/C32H38F2N4O6/c1-32(2,3)44-31(40)37-28-17-5-6-18(28)12-22(11-17)42-21-9-10-38-23(16-35-26(38)15-21)19-13-24(41-4)27(25(14-19)43-30(33)34)29(39)36-20-7-8-20/h9-10,13-18,20,22,28,30H,5-8,11-12H2,1-4H3,(H,36,39)(H,37,40)/t17-,18+,22-,28?. The second kappa shape index (κ2) is 11.8. The van der Waals surface area contributed by atoms with Crippen LogP contribution in [0.2, 0.25) is 0 Å². The molecule has 2 N–H and O–H groups in total. The third-order valence-electron chi connectivity index (χ3n) is 8.46. The van der Waals surface area contributed by atoms with Crippen LogP contribution in [0.3, 0.4) is 0 Å². The van der Waals surface area contributed by atoms with Gasteiger partial charge in [-0.25, -0.2) is 9.78 Å². The van der Waals surface area contributed by atoms with Crippen LogP contribution in [0.25, 0.3) is 16.9 Å². The zero-order chi connectivity index (χ0) is 31.2. The van der Waals surface area contributed by atoms with Crippen molar-refractivity contribution in [2.24, 2.45) is 11.8 Å². The second-order valence-corrected chi connectivity index (χ2v) is 12.9. The number of rotatable bonds is 9. The van der Waals surface area contributed by atoms with Gasteiger partial charge < -0.3 is 29.6 Å². The van der Waals surface area contributed by atoms with Gasteiger partial charge in [0.25, 0.3) is 5.91 Å². The van der Waals surface area contributed by atoms with Crippen molar-refractivity contribution >= 4 is 17.6 Å². The van der Waals surface area contributed by atoms with Crippen molar-refractivity contribution in [3.05, 3.63) is 42.2 Å². The lowest BCUT2D eigenvalue weighted by atomic mass is 9.82. The van der Waals surface area contributed by atoms with E-state index < -0.39 is 18.1 Å². The Labute approximate surface area is 254 Å². The molecule has 12 heteroatoms. The Morgan fingerprint density at radius 3 is 2.36 bits per heavy atom. The van der Waals surface area contributed by atoms with E-state index in [0.29, 0.717) is 34.5 Å². The van der Waals surface area contributed by atoms with Crippen LogP contribution in [-0.4, -0.2) is 58.9 Å². The highest BCUT2D eigenvalue weighted by atomic mass is 19.3. The average Bonchev–Trinajstić information content (AvgIpc) is 3.61. The first-order valence-corrected chi connectivity index (χ1v) is 15.1. The number of carbonyl (C=O) groups is 2. The predicted molar refractivity (Wildman–Crippen MR) is 157 cm³/mol. The number of methoxy groups -OCH3 is 1. The predicted octanol–water partition coefficient (Wildman–Crippen LogP) is 5.96. The molecule has 1 aromatic carbocycles. The Morgan fingerprint density at radius 2 is 1.73 bits per heavy atom. The SMILES string of the molecule is COc1cc(-c2cnc3cc(O[C@@H]4C[C@H]5CC[C@@H](C4)C5NC(=O)OC(C)(C)C)ccn23)cc(OC(F)F)c1C(=O)NC1CC1. The molecule has 3 fully saturated rings. The second-order valence-electron chi connectivity index (χ2n) is 12.9. The van der Waals surface area contributed by atoms with Gasteiger partial charge in [-0.2, -0.15) is 8.78 Å². The first-order valence-electron chi connectivity index (χ1n) is 15.1. The van der Waals surface area contributed by atoms with Gasteiger partial charge in [-0.05, 0) is 89.3 Å². The molecule has 0 saturated heterocycles. The molecule has 0 radical (unpaired) electrons. The van der Waals surface area contributed by atoms with Crippen LogP contribution in [0.5, 0.6) is 17.2 Å². The molecule has 6 rings (SSSR count). The van der Waals surface area contributed by atoms with Crippen LogP contribution >= 0.6 is 0 Å². The van der Waals surface area contributed by atoms with Crippen LogP contribution in [0.1, 0.15) is 69.7 Å². The van der Waals surface area contributed by atoms with E-state index in [9.17, 15) is 18.4 Å². The van der Waals surface area contributed by atoms with E-state index in [1.807, 2.05) is 43.5 Å². The van der Waals surface area contributed by atoms with Gasteiger partial charge in [0.2, 0.25) is 0 Å². The summed E-state index contributed by atoms with van der Waals surface area (Å²) >= 11 is 0. The maximum absolute atomic E-state index is 13.4. The summed E-state index contributed by atoms with van der Waals surface area (Å²) in [6.07, 6.45) is 8.49. The molecule has 2 bridgehead atoms. The number of nitrogens with zero attached hydrogens (tertiary/aromatic N) is 2. The fourth-order valence-corrected chi connectivity index (χ4v) is 6.49. The zero-order valence-corrected chi connectivity index (χ0v) is 25.3. The molecule has 2 amide bonds. The van der Waals surface area contributed by atoms with E-state index >= 15 is 0 Å². The number of benzene rings is 1. The highest BCUT2D eigenvalue weighted by molar-refractivity contribution is 6.01. The molecule has 2 heterocycles. The Morgan fingerprint density at radius 1 is 1.02 bits per heavy atom. The summed E-state index contributed by atoms with van der Waals surface area (Å²) in [4.78, 5) is 29.8. The molecule has 44 heavy (non-hydrogen) atoms. The maximum atomic E-state index is 13.4. The van der Waals surface area contributed by atoms with Crippen molar-refractivity contribution in [2.75, 3.05) is 7.11 Å². The van der Waals surface area contributed by atoms with Crippen LogP contribution in [-0.2, 0) is 4.74 Å². The fourth-order valence-electron chi connectivity index (χ4n) is 6.49. The monoisotopic (exact) mass is 612 g/mol. The number of halogens is 2. The van der Waals surface area contributed by atoms with Crippen LogP contribution < -0.4 is 24.8 Å². The smallest absolute Gasteiger partial charge is 0.407 e. The van der Waals surface area contributed by atoms with E-state index in [2.05, 4.69) is 15.6 Å². The lowest BCUT2D eigenvalue weighted by molar-refractivity contribution is -0.0502. The quantitative estimate of drug-likeness (QED) is 0.307. The molecule has 1 unspecified atom stereocenters. The van der Waals surface area contributed by atoms with Crippen molar-refractivity contribution in [1.82, 2.24) is 20.0 Å². The first-order chi connectivity index (χ1) is 21.0. The number of amides is 2. The Hall–Kier alpha value is -4.09. The van der Waals surface area contributed by atoms with Gasteiger partial charge in [-0.15, -0.1) is 0 Å². The summed E-state index contributed by atoms with van der Waals surface area (Å²) in [5.74, 6) is 0.647. The van der Waals surface area contributed by atoms with Gasteiger partial charge in [-0.1, -0.05) is 0 Å². The van der Waals surface area contributed by atoms with Crippen molar-refractivity contribution in [1.29, 1.82) is 0 Å². The molecule has 3 aliphatic rings. The molecular formula is C32H38F2N4O6. The number of alkyl halides is 2. The van der Waals surface area contributed by atoms with Crippen molar-refractivity contribution in [2.45, 2.75) is 89.7 Å². The topological polar surface area (TPSA) is 112 Å². The molecule has 0 spiro atoms. The first kappa shape index (κ1) is 30.0. The normalized spacial score (nSPS) is 23.0. The Bertz CT molecular complexity index is 1540. The van der Waals surface area contributed by atoms with Gasteiger partial charge in [-0.3, -0.25) is 9.20 Å². The van der Waals surface area contributed by atoms with Crippen LogP contribution in [0.15, 0.2) is 36.7 Å². The highest BCUT2D eigenvalue weighted by Crippen LogP contribution is 2.44. The lowest BCUT2D eigenvalue weighted by Crippen LogP contribution is -2.48. The Balaban J connectivity index is 1.19. The fraction of sp³-hybridized carbons (Fsp3) is 0.531. The molecule has 3 saturated carbocycles. The molecule has 3 aromatic rings. The van der Waals surface area contributed by atoms with E-state index in [-0.39, 0.29) is 41.3 Å². The highest BCUT2D eigenvalue weighted by Gasteiger charge is 2.44. The zero-order valence-electron chi connectivity index (χ0n) is 25.3. The van der Waals surface area contributed by atoms with Crippen molar-refractivity contribution in [3.63, 3.8) is 0 Å². The maximum Gasteiger partial charge on any atom is 0.407 e. The van der Waals surface area contributed by atoms with Crippen molar-refractivity contribution in [3.8, 4) is 28.5 Å². The van der Waals surface area contributed by atoms with E-state index in [1.54, 1.807) is 12.3 Å². The third-order valence-corrected chi connectivity index (χ3v) is 8.46. The summed E-state index contributed by atoms with van der Waals surface area (Å²) < 4.78 is 50.7. The van der Waals surface area contributed by atoms with E-state index in [4.69, 9.17) is 18.9 Å². The number of fused-ring (bicyclic) bond motifs is 3. The lowest BCUT2D eigenvalue weighted by Gasteiger charge is -2.36. The summed E-state index contributed by atoms with van der Waals surface area (Å²) in [7, 11) is 1.38. The third kappa shape index (κ3) is 6.53. The number of nitrogens with one attached hydrogen (secondary N) is 2. The summed E-state index contributed by atoms with van der Waals surface area (Å²) in [5.41, 5.74) is 1.08. The van der Waals surface area contributed by atoms with Crippen LogP contribution in [0.4, 0.5) is 13.6 Å². The van der Waals surface area contributed by atoms with Gasteiger partial charge in [0, 0.05) is 29.9 Å². The number of imidazole rings is 1. The molecule has 236 valence electrons. The van der Waals surface area contributed by atoms with Crippen LogP contribution in [0, 0.1) is 11.8 Å². The number of ether oxygens (including phenoxy) is 4. The number of carbonyl (C=O) groups excluding carboxylic acids is 2. The summed E-state index contributed by atoms with van der Waals surface area (Å²) in [5, 5.41) is 5.91. The van der Waals surface area contributed by atoms with Gasteiger partial charge in [0.15, 0.2) is 0 Å². The number of hydrogen-bond donors (Lipinski definition) is 2. The molecule has 3 aliphatic carbocycles. The van der Waals surface area contributed by atoms with Crippen molar-refractivity contribution < 1.29 is 37.3 Å². The molecule has 0 aliphatic heterocycles. The van der Waals surface area contributed by atoms with Gasteiger partial charge in [0.1, 0.15) is 34.1 Å².